The molecule has 0 fully saturated rings. The van der Waals surface area contributed by atoms with Crippen LogP contribution in [-0.4, -0.2) is 22.9 Å². The molecule has 0 bridgehead atoms. The van der Waals surface area contributed by atoms with E-state index in [0.717, 1.165) is 22.9 Å². The smallest absolute Gasteiger partial charge is 0.227 e. The van der Waals surface area contributed by atoms with E-state index in [0.29, 0.717) is 24.4 Å². The molecule has 0 saturated carbocycles. The molecule has 25 heavy (non-hydrogen) atoms. The Bertz CT molecular complexity index is 889. The molecule has 0 aliphatic heterocycles. The van der Waals surface area contributed by atoms with Gasteiger partial charge in [0.05, 0.1) is 24.6 Å². The fraction of sp³-hybridized carbons (Fsp3) is 0.211. The van der Waals surface area contributed by atoms with Crippen molar-refractivity contribution in [2.45, 2.75) is 18.8 Å². The molecule has 1 atom stereocenters. The van der Waals surface area contributed by atoms with Crippen molar-refractivity contribution in [2.75, 3.05) is 12.4 Å². The molecule has 1 aromatic carbocycles. The first kappa shape index (κ1) is 15.4. The van der Waals surface area contributed by atoms with Crippen molar-refractivity contribution < 1.29 is 13.9 Å². The highest BCUT2D eigenvalue weighted by molar-refractivity contribution is 5.98. The van der Waals surface area contributed by atoms with Crippen LogP contribution in [0.25, 0.3) is 0 Å². The van der Waals surface area contributed by atoms with Gasteiger partial charge in [-0.05, 0) is 36.4 Å². The molecule has 2 heterocycles. The molecular formula is C19H17N3O3. The van der Waals surface area contributed by atoms with Gasteiger partial charge in [-0.25, -0.2) is 9.97 Å². The largest absolute Gasteiger partial charge is 0.497 e. The Balaban J connectivity index is 1.58. The number of anilines is 2. The maximum Gasteiger partial charge on any atom is 0.227 e. The molecule has 2 aromatic heterocycles. The van der Waals surface area contributed by atoms with Crippen LogP contribution in [-0.2, 0) is 6.42 Å². The standard InChI is InChI=1S/C19H17N3O3/c1-24-14-6-4-13(5-7-14)21-19-20-11-15-16(22-19)9-12(10-17(15)23)18-3-2-8-25-18/h2-8,11-12H,9-10H2,1H3,(H,20,21,22)/t12-/m1/s1. The van der Waals surface area contributed by atoms with Gasteiger partial charge in [-0.1, -0.05) is 0 Å². The number of furan rings is 1. The van der Waals surface area contributed by atoms with Crippen molar-refractivity contribution in [3.8, 4) is 5.75 Å². The molecular weight excluding hydrogens is 318 g/mol. The summed E-state index contributed by atoms with van der Waals surface area (Å²) in [6, 6.07) is 11.2. The lowest BCUT2D eigenvalue weighted by Gasteiger charge is -2.21. The van der Waals surface area contributed by atoms with Crippen molar-refractivity contribution in [1.29, 1.82) is 0 Å². The molecule has 3 aromatic rings. The normalized spacial score (nSPS) is 16.4. The van der Waals surface area contributed by atoms with E-state index in [2.05, 4.69) is 15.3 Å². The molecule has 1 N–H and O–H groups in total. The van der Waals surface area contributed by atoms with Gasteiger partial charge in [0.15, 0.2) is 5.78 Å². The van der Waals surface area contributed by atoms with Crippen LogP contribution in [0, 0.1) is 0 Å². The fourth-order valence-electron chi connectivity index (χ4n) is 3.03. The lowest BCUT2D eigenvalue weighted by Crippen LogP contribution is -2.20. The summed E-state index contributed by atoms with van der Waals surface area (Å²) in [5.41, 5.74) is 2.21. The van der Waals surface area contributed by atoms with Crippen LogP contribution in [0.15, 0.2) is 53.3 Å². The summed E-state index contributed by atoms with van der Waals surface area (Å²) < 4.78 is 10.6. The zero-order valence-corrected chi connectivity index (χ0v) is 13.7. The van der Waals surface area contributed by atoms with Crippen molar-refractivity contribution in [1.82, 2.24) is 9.97 Å². The summed E-state index contributed by atoms with van der Waals surface area (Å²) in [7, 11) is 1.63. The van der Waals surface area contributed by atoms with E-state index in [9.17, 15) is 4.79 Å². The van der Waals surface area contributed by atoms with E-state index in [1.165, 1.54) is 0 Å². The fourth-order valence-corrected chi connectivity index (χ4v) is 3.03. The highest BCUT2D eigenvalue weighted by Gasteiger charge is 2.29. The minimum Gasteiger partial charge on any atom is -0.497 e. The molecule has 6 heteroatoms. The number of ketones is 1. The Morgan fingerprint density at radius 2 is 2.04 bits per heavy atom. The van der Waals surface area contributed by atoms with Gasteiger partial charge in [-0.15, -0.1) is 0 Å². The van der Waals surface area contributed by atoms with E-state index in [1.807, 2.05) is 36.4 Å². The molecule has 1 aliphatic rings. The molecule has 1 aliphatic carbocycles. The van der Waals surface area contributed by atoms with Gasteiger partial charge in [0.25, 0.3) is 0 Å². The van der Waals surface area contributed by atoms with Gasteiger partial charge in [-0.2, -0.15) is 0 Å². The van der Waals surface area contributed by atoms with Crippen LogP contribution in [0.5, 0.6) is 5.75 Å². The maximum atomic E-state index is 12.4. The number of ether oxygens (including phenoxy) is 1. The summed E-state index contributed by atoms with van der Waals surface area (Å²) in [5, 5.41) is 3.16. The third-order valence-corrected chi connectivity index (χ3v) is 4.33. The van der Waals surface area contributed by atoms with Crippen LogP contribution in [0.2, 0.25) is 0 Å². The van der Waals surface area contributed by atoms with E-state index in [-0.39, 0.29) is 11.7 Å². The monoisotopic (exact) mass is 335 g/mol. The third-order valence-electron chi connectivity index (χ3n) is 4.33. The molecule has 0 unspecified atom stereocenters. The number of methoxy groups -OCH3 is 1. The topological polar surface area (TPSA) is 77.2 Å². The van der Waals surface area contributed by atoms with Crippen molar-refractivity contribution in [3.05, 3.63) is 65.9 Å². The molecule has 6 nitrogen and oxygen atoms in total. The van der Waals surface area contributed by atoms with Crippen molar-refractivity contribution >= 4 is 17.4 Å². The Labute approximate surface area is 144 Å². The number of fused-ring (bicyclic) bond motifs is 1. The second-order valence-corrected chi connectivity index (χ2v) is 5.95. The van der Waals surface area contributed by atoms with Gasteiger partial charge in [0.1, 0.15) is 11.5 Å². The zero-order valence-electron chi connectivity index (χ0n) is 13.7. The van der Waals surface area contributed by atoms with E-state index in [4.69, 9.17) is 9.15 Å². The summed E-state index contributed by atoms with van der Waals surface area (Å²) in [4.78, 5) is 21.2. The molecule has 0 amide bonds. The Morgan fingerprint density at radius 3 is 2.76 bits per heavy atom. The lowest BCUT2D eigenvalue weighted by atomic mass is 9.85. The molecule has 0 radical (unpaired) electrons. The van der Waals surface area contributed by atoms with Gasteiger partial charge < -0.3 is 14.5 Å². The van der Waals surface area contributed by atoms with Crippen LogP contribution in [0.3, 0.4) is 0 Å². The highest BCUT2D eigenvalue weighted by Crippen LogP contribution is 2.32. The summed E-state index contributed by atoms with van der Waals surface area (Å²) in [5.74, 6) is 2.15. The second-order valence-electron chi connectivity index (χ2n) is 5.95. The number of hydrogen-bond acceptors (Lipinski definition) is 6. The lowest BCUT2D eigenvalue weighted by molar-refractivity contribution is 0.0958. The number of Topliss-reactive ketones (excluding diaryl/α,β-unsaturated/α-hetero) is 1. The van der Waals surface area contributed by atoms with Crippen LogP contribution in [0.4, 0.5) is 11.6 Å². The highest BCUT2D eigenvalue weighted by atomic mass is 16.5. The second kappa shape index (κ2) is 6.39. The molecule has 126 valence electrons. The van der Waals surface area contributed by atoms with E-state index >= 15 is 0 Å². The minimum absolute atomic E-state index is 0.0266. The number of hydrogen-bond donors (Lipinski definition) is 1. The summed E-state index contributed by atoms with van der Waals surface area (Å²) >= 11 is 0. The summed E-state index contributed by atoms with van der Waals surface area (Å²) in [6.45, 7) is 0. The zero-order chi connectivity index (χ0) is 17.2. The van der Waals surface area contributed by atoms with Gasteiger partial charge in [0, 0.05) is 30.6 Å². The Hall–Kier alpha value is -3.15. The number of carbonyl (C=O) groups is 1. The third kappa shape index (κ3) is 3.10. The summed E-state index contributed by atoms with van der Waals surface area (Å²) in [6.07, 6.45) is 4.32. The first-order valence-corrected chi connectivity index (χ1v) is 8.06. The van der Waals surface area contributed by atoms with E-state index in [1.54, 1.807) is 19.6 Å². The SMILES string of the molecule is COc1ccc(Nc2ncc3c(n2)C[C@@H](c2ccco2)CC3=O)cc1. The van der Waals surface area contributed by atoms with Gasteiger partial charge in [-0.3, -0.25) is 4.79 Å². The molecule has 0 saturated heterocycles. The van der Waals surface area contributed by atoms with Crippen LogP contribution < -0.4 is 10.1 Å². The average molecular weight is 335 g/mol. The number of carbonyl (C=O) groups excluding carboxylic acids is 1. The predicted molar refractivity (Wildman–Crippen MR) is 92.4 cm³/mol. The Kier molecular flexibility index (Phi) is 3.93. The average Bonchev–Trinajstić information content (AvgIpc) is 3.17. The first-order valence-electron chi connectivity index (χ1n) is 8.06. The predicted octanol–water partition coefficient (Wildman–Crippen LogP) is 3.73. The number of aromatic nitrogens is 2. The van der Waals surface area contributed by atoms with E-state index < -0.39 is 0 Å². The minimum atomic E-state index is 0.0266. The maximum absolute atomic E-state index is 12.4. The molecule has 4 rings (SSSR count). The van der Waals surface area contributed by atoms with Gasteiger partial charge >= 0.3 is 0 Å². The number of nitrogens with one attached hydrogen (secondary N) is 1. The van der Waals surface area contributed by atoms with Gasteiger partial charge in [0.2, 0.25) is 5.95 Å². The first-order chi connectivity index (χ1) is 12.2. The number of benzene rings is 1. The quantitative estimate of drug-likeness (QED) is 0.783. The van der Waals surface area contributed by atoms with Crippen LogP contribution >= 0.6 is 0 Å². The Morgan fingerprint density at radius 1 is 1.20 bits per heavy atom. The number of nitrogens with zero attached hydrogens (tertiary/aromatic N) is 2. The van der Waals surface area contributed by atoms with Crippen molar-refractivity contribution in [2.24, 2.45) is 0 Å². The van der Waals surface area contributed by atoms with Crippen molar-refractivity contribution in [3.63, 3.8) is 0 Å². The van der Waals surface area contributed by atoms with Crippen LogP contribution in [0.1, 0.15) is 34.2 Å². The molecule has 0 spiro atoms. The number of rotatable bonds is 4.